The highest BCUT2D eigenvalue weighted by atomic mass is 32.1. The van der Waals surface area contributed by atoms with Gasteiger partial charge in [0.15, 0.2) is 0 Å². The number of pyridine rings is 1. The summed E-state index contributed by atoms with van der Waals surface area (Å²) in [7, 11) is 1.61. The van der Waals surface area contributed by atoms with Crippen molar-refractivity contribution in [2.75, 3.05) is 7.11 Å². The summed E-state index contributed by atoms with van der Waals surface area (Å²) in [4.78, 5) is 24.0. The highest BCUT2D eigenvalue weighted by molar-refractivity contribution is 7.17. The van der Waals surface area contributed by atoms with Gasteiger partial charge in [-0.3, -0.25) is 0 Å². The van der Waals surface area contributed by atoms with Crippen LogP contribution in [0.15, 0.2) is 48.1 Å². The molecule has 0 unspecified atom stereocenters. The Morgan fingerprint density at radius 3 is 2.61 bits per heavy atom. The average molecular weight is 394 g/mol. The van der Waals surface area contributed by atoms with Gasteiger partial charge in [0.1, 0.15) is 22.6 Å². The molecule has 0 fully saturated rings. The minimum absolute atomic E-state index is 0.0301. The molecule has 28 heavy (non-hydrogen) atoms. The van der Waals surface area contributed by atoms with Crippen molar-refractivity contribution in [1.29, 1.82) is 0 Å². The summed E-state index contributed by atoms with van der Waals surface area (Å²) in [6.07, 6.45) is 1.37. The normalized spacial score (nSPS) is 10.8. The van der Waals surface area contributed by atoms with Crippen molar-refractivity contribution in [3.05, 3.63) is 63.9 Å². The zero-order valence-electron chi connectivity index (χ0n) is 14.9. The van der Waals surface area contributed by atoms with E-state index in [9.17, 15) is 10.1 Å². The van der Waals surface area contributed by atoms with Gasteiger partial charge < -0.3 is 19.6 Å². The van der Waals surface area contributed by atoms with E-state index in [0.29, 0.717) is 11.1 Å². The molecular formula is C19H14N4O4S. The molecule has 0 aliphatic rings. The molecule has 9 heteroatoms. The summed E-state index contributed by atoms with van der Waals surface area (Å²) < 4.78 is 11.0. The molecule has 3 aromatic heterocycles. The topological polar surface area (TPSA) is 100 Å². The first kappa shape index (κ1) is 17.8. The fourth-order valence-electron chi connectivity index (χ4n) is 2.75. The monoisotopic (exact) mass is 394 g/mol. The van der Waals surface area contributed by atoms with Crippen molar-refractivity contribution in [3.8, 4) is 28.5 Å². The molecule has 0 amide bonds. The van der Waals surface area contributed by atoms with Crippen molar-refractivity contribution in [1.82, 2.24) is 15.0 Å². The summed E-state index contributed by atoms with van der Waals surface area (Å²) >= 11 is 1.44. The number of thiophene rings is 1. The van der Waals surface area contributed by atoms with Crippen LogP contribution in [0.25, 0.3) is 21.3 Å². The van der Waals surface area contributed by atoms with E-state index in [0.717, 1.165) is 21.7 Å². The van der Waals surface area contributed by atoms with Crippen LogP contribution in [0.1, 0.15) is 5.69 Å². The zero-order chi connectivity index (χ0) is 19.7. The number of nitro groups is 1. The average Bonchev–Trinajstić information content (AvgIpc) is 3.14. The number of nitrogens with zero attached hydrogens (tertiary/aromatic N) is 4. The van der Waals surface area contributed by atoms with Gasteiger partial charge in [-0.15, -0.1) is 11.3 Å². The third-order valence-corrected chi connectivity index (χ3v) is 4.98. The fourth-order valence-corrected chi connectivity index (χ4v) is 3.66. The van der Waals surface area contributed by atoms with E-state index in [1.54, 1.807) is 20.1 Å². The minimum atomic E-state index is -0.571. The van der Waals surface area contributed by atoms with Crippen molar-refractivity contribution in [2.24, 2.45) is 0 Å². The van der Waals surface area contributed by atoms with E-state index in [4.69, 9.17) is 9.47 Å². The highest BCUT2D eigenvalue weighted by Gasteiger charge is 2.21. The van der Waals surface area contributed by atoms with E-state index >= 15 is 0 Å². The second-order valence-corrected chi connectivity index (χ2v) is 6.73. The molecule has 0 spiro atoms. The highest BCUT2D eigenvalue weighted by Crippen LogP contribution is 2.40. The predicted octanol–water partition coefficient (Wildman–Crippen LogP) is 4.77. The van der Waals surface area contributed by atoms with Crippen LogP contribution in [0.2, 0.25) is 0 Å². The summed E-state index contributed by atoms with van der Waals surface area (Å²) in [6.45, 7) is 1.68. The van der Waals surface area contributed by atoms with Gasteiger partial charge in [0.25, 0.3) is 0 Å². The van der Waals surface area contributed by atoms with Gasteiger partial charge in [-0.25, -0.2) is 9.97 Å². The van der Waals surface area contributed by atoms with Gasteiger partial charge in [0.2, 0.25) is 11.6 Å². The number of hydrogen-bond acceptors (Lipinski definition) is 8. The molecule has 1 aromatic carbocycles. The fraction of sp³-hybridized carbons (Fsp3) is 0.105. The molecular weight excluding hydrogens is 380 g/mol. The number of hydrogen-bond donors (Lipinski definition) is 0. The molecule has 0 bridgehead atoms. The molecule has 0 N–H and O–H groups in total. The summed E-state index contributed by atoms with van der Waals surface area (Å²) in [6, 6.07) is 10.7. The quantitative estimate of drug-likeness (QED) is 0.355. The van der Waals surface area contributed by atoms with Crippen LogP contribution >= 0.6 is 11.3 Å². The van der Waals surface area contributed by atoms with Gasteiger partial charge >= 0.3 is 5.82 Å². The molecule has 0 aliphatic heterocycles. The molecule has 0 radical (unpaired) electrons. The van der Waals surface area contributed by atoms with Crippen LogP contribution in [0.5, 0.6) is 17.4 Å². The maximum atomic E-state index is 11.3. The van der Waals surface area contributed by atoms with E-state index < -0.39 is 4.92 Å². The first-order valence-electron chi connectivity index (χ1n) is 8.23. The molecule has 8 nitrogen and oxygen atoms in total. The summed E-state index contributed by atoms with van der Waals surface area (Å²) in [5, 5.41) is 14.0. The smallest absolute Gasteiger partial charge is 0.407 e. The minimum Gasteiger partial charge on any atom is -0.497 e. The van der Waals surface area contributed by atoms with Crippen molar-refractivity contribution in [3.63, 3.8) is 0 Å². The number of aromatic nitrogens is 3. The molecule has 4 rings (SSSR count). The molecule has 0 saturated carbocycles. The predicted molar refractivity (Wildman–Crippen MR) is 105 cm³/mol. The van der Waals surface area contributed by atoms with Crippen LogP contribution in [0.4, 0.5) is 5.82 Å². The standard InChI is InChI=1S/C19H14N4O4S/c1-11-3-8-15(17(22-11)23(24)25)27-18-16-14(9-28-19(16)21-10-20-18)12-4-6-13(26-2)7-5-12/h3-10H,1-2H3. The van der Waals surface area contributed by atoms with Crippen molar-refractivity contribution >= 4 is 27.4 Å². The Kier molecular flexibility index (Phi) is 4.58. The Morgan fingerprint density at radius 1 is 1.11 bits per heavy atom. The van der Waals surface area contributed by atoms with Crippen LogP contribution in [0.3, 0.4) is 0 Å². The van der Waals surface area contributed by atoms with E-state index in [1.165, 1.54) is 23.7 Å². The van der Waals surface area contributed by atoms with E-state index in [2.05, 4.69) is 15.0 Å². The summed E-state index contributed by atoms with van der Waals surface area (Å²) in [5.74, 6) is 0.665. The molecule has 4 aromatic rings. The Morgan fingerprint density at radius 2 is 1.89 bits per heavy atom. The molecule has 3 heterocycles. The molecule has 140 valence electrons. The molecule has 0 saturated heterocycles. The van der Waals surface area contributed by atoms with Crippen LogP contribution in [-0.4, -0.2) is 27.0 Å². The maximum absolute atomic E-state index is 11.3. The second-order valence-electron chi connectivity index (χ2n) is 5.87. The first-order chi connectivity index (χ1) is 13.6. The SMILES string of the molecule is COc1ccc(-c2csc3ncnc(Oc4ccc(C)nc4[N+](=O)[O-])c23)cc1. The Hall–Kier alpha value is -3.59. The van der Waals surface area contributed by atoms with E-state index in [1.807, 2.05) is 29.6 Å². The largest absolute Gasteiger partial charge is 0.497 e. The lowest BCUT2D eigenvalue weighted by atomic mass is 10.1. The Labute approximate surface area is 163 Å². The molecule has 0 atom stereocenters. The van der Waals surface area contributed by atoms with Crippen LogP contribution < -0.4 is 9.47 Å². The third kappa shape index (κ3) is 3.23. The van der Waals surface area contributed by atoms with Gasteiger partial charge in [0, 0.05) is 17.9 Å². The number of rotatable bonds is 5. The summed E-state index contributed by atoms with van der Waals surface area (Å²) in [5.41, 5.74) is 2.34. The first-order valence-corrected chi connectivity index (χ1v) is 9.11. The number of aryl methyl sites for hydroxylation is 1. The number of ether oxygens (including phenoxy) is 2. The maximum Gasteiger partial charge on any atom is 0.407 e. The number of methoxy groups -OCH3 is 1. The van der Waals surface area contributed by atoms with Crippen LogP contribution in [0, 0.1) is 17.0 Å². The van der Waals surface area contributed by atoms with Gasteiger partial charge in [-0.1, -0.05) is 12.1 Å². The van der Waals surface area contributed by atoms with Gasteiger partial charge in [-0.2, -0.15) is 0 Å². The van der Waals surface area contributed by atoms with Crippen molar-refractivity contribution < 1.29 is 14.4 Å². The number of fused-ring (bicyclic) bond motifs is 1. The van der Waals surface area contributed by atoms with Gasteiger partial charge in [0.05, 0.1) is 12.5 Å². The van der Waals surface area contributed by atoms with E-state index in [-0.39, 0.29) is 17.4 Å². The van der Waals surface area contributed by atoms with Gasteiger partial charge in [-0.05, 0) is 39.7 Å². The Bertz CT molecular complexity index is 1170. The lowest BCUT2D eigenvalue weighted by Gasteiger charge is -2.08. The lowest BCUT2D eigenvalue weighted by Crippen LogP contribution is -1.99. The van der Waals surface area contributed by atoms with Crippen LogP contribution in [-0.2, 0) is 0 Å². The van der Waals surface area contributed by atoms with Crippen molar-refractivity contribution in [2.45, 2.75) is 6.92 Å². The lowest BCUT2D eigenvalue weighted by molar-refractivity contribution is -0.390. The second kappa shape index (κ2) is 7.20. The Balaban J connectivity index is 1.82. The molecule has 0 aliphatic carbocycles. The third-order valence-electron chi connectivity index (χ3n) is 4.09. The zero-order valence-corrected chi connectivity index (χ0v) is 15.8. The number of benzene rings is 1.